The molecule has 26 heavy (non-hydrogen) atoms. The van der Waals surface area contributed by atoms with E-state index in [-0.39, 0.29) is 5.91 Å². The molecule has 0 unspecified atom stereocenters. The zero-order valence-electron chi connectivity index (χ0n) is 15.9. The van der Waals surface area contributed by atoms with Gasteiger partial charge in [0.05, 0.1) is 0 Å². The highest BCUT2D eigenvalue weighted by atomic mass is 32.3. The topological polar surface area (TPSA) is 116 Å². The lowest BCUT2D eigenvalue weighted by atomic mass is 10.0. The number of hydrogen-bond donors (Lipinski definition) is 2. The minimum absolute atomic E-state index is 0.269. The minimum atomic E-state index is -4.67. The molecule has 1 amide bonds. The van der Waals surface area contributed by atoms with Crippen LogP contribution in [0.1, 0.15) is 45.0 Å². The van der Waals surface area contributed by atoms with Crippen molar-refractivity contribution in [1.82, 2.24) is 19.4 Å². The molecule has 0 bridgehead atoms. The third kappa shape index (κ3) is 8.26. The predicted octanol–water partition coefficient (Wildman–Crippen LogP) is 1.30. The van der Waals surface area contributed by atoms with E-state index in [4.69, 9.17) is 17.5 Å². The van der Waals surface area contributed by atoms with Crippen molar-refractivity contribution in [2.75, 3.05) is 27.2 Å². The van der Waals surface area contributed by atoms with Crippen molar-refractivity contribution in [3.05, 3.63) is 18.2 Å². The quantitative estimate of drug-likeness (QED) is 0.728. The average molecular weight is 391 g/mol. The molecule has 2 N–H and O–H groups in total. The summed E-state index contributed by atoms with van der Waals surface area (Å²) in [5.74, 6) is 1.28. The Labute approximate surface area is 155 Å². The van der Waals surface area contributed by atoms with Gasteiger partial charge >= 0.3 is 10.4 Å². The van der Waals surface area contributed by atoms with Crippen molar-refractivity contribution < 1.29 is 22.3 Å². The van der Waals surface area contributed by atoms with E-state index in [0.29, 0.717) is 18.5 Å². The van der Waals surface area contributed by atoms with Crippen LogP contribution in [0.5, 0.6) is 0 Å². The number of aryl methyl sites for hydroxylation is 1. The normalized spacial score (nSPS) is 15.9. The maximum atomic E-state index is 12.3. The van der Waals surface area contributed by atoms with Crippen LogP contribution in [0.3, 0.4) is 0 Å². The van der Waals surface area contributed by atoms with Crippen LogP contribution >= 0.6 is 0 Å². The number of likely N-dealkylation sites (tertiary alicyclic amines) is 1. The Hall–Kier alpha value is -1.49. The van der Waals surface area contributed by atoms with Crippen LogP contribution in [-0.2, 0) is 21.6 Å². The van der Waals surface area contributed by atoms with Crippen molar-refractivity contribution >= 4 is 16.3 Å². The molecule has 150 valence electrons. The summed E-state index contributed by atoms with van der Waals surface area (Å²) in [6.07, 6.45) is 7.28. The lowest BCUT2D eigenvalue weighted by molar-refractivity contribution is -0.132. The van der Waals surface area contributed by atoms with Crippen LogP contribution in [0.2, 0.25) is 0 Å². The van der Waals surface area contributed by atoms with Crippen molar-refractivity contribution in [2.24, 2.45) is 0 Å². The highest BCUT2D eigenvalue weighted by Gasteiger charge is 2.23. The molecule has 0 aromatic carbocycles. The number of hydrogen-bond acceptors (Lipinski definition) is 5. The molecule has 1 saturated heterocycles. The summed E-state index contributed by atoms with van der Waals surface area (Å²) in [5.41, 5.74) is 0. The molecule has 2 heterocycles. The van der Waals surface area contributed by atoms with Crippen LogP contribution in [0, 0.1) is 0 Å². The summed E-state index contributed by atoms with van der Waals surface area (Å²) < 4.78 is 33.7. The lowest BCUT2D eigenvalue weighted by Gasteiger charge is -2.35. The molecule has 0 saturated carbocycles. The van der Waals surface area contributed by atoms with Gasteiger partial charge in [-0.15, -0.1) is 0 Å². The van der Waals surface area contributed by atoms with Gasteiger partial charge in [-0.05, 0) is 40.8 Å². The Morgan fingerprint density at radius 3 is 2.31 bits per heavy atom. The fraction of sp³-hybridized carbons (Fsp3) is 0.750. The zero-order valence-corrected chi connectivity index (χ0v) is 16.7. The van der Waals surface area contributed by atoms with Crippen LogP contribution in [0.4, 0.5) is 0 Å². The summed E-state index contributed by atoms with van der Waals surface area (Å²) in [5, 5.41) is 0. The second-order valence-corrected chi connectivity index (χ2v) is 7.76. The van der Waals surface area contributed by atoms with Gasteiger partial charge in [0.1, 0.15) is 5.82 Å². The largest absolute Gasteiger partial charge is 0.394 e. The van der Waals surface area contributed by atoms with Gasteiger partial charge in [-0.1, -0.05) is 0 Å². The fourth-order valence-electron chi connectivity index (χ4n) is 3.02. The first-order valence-corrected chi connectivity index (χ1v) is 10.0. The molecule has 2 rings (SSSR count). The predicted molar refractivity (Wildman–Crippen MR) is 98.4 cm³/mol. The van der Waals surface area contributed by atoms with Crippen LogP contribution in [0.15, 0.2) is 12.4 Å². The average Bonchev–Trinajstić information content (AvgIpc) is 3.00. The van der Waals surface area contributed by atoms with Gasteiger partial charge in [0.15, 0.2) is 0 Å². The molecule has 10 heteroatoms. The zero-order chi connectivity index (χ0) is 19.9. The lowest BCUT2D eigenvalue weighted by Crippen LogP contribution is -2.44. The third-order valence-corrected chi connectivity index (χ3v) is 4.42. The smallest absolute Gasteiger partial charge is 0.343 e. The van der Waals surface area contributed by atoms with Crippen molar-refractivity contribution in [3.63, 3.8) is 0 Å². The SMILES string of the molecule is CC(C)n1ccnc1CCC(=O)N1CCC(N(C)C)CC1.O=S(=O)(O)O. The van der Waals surface area contributed by atoms with Crippen molar-refractivity contribution in [3.8, 4) is 0 Å². The van der Waals surface area contributed by atoms with Gasteiger partial charge in [-0.2, -0.15) is 8.42 Å². The molecule has 1 aromatic heterocycles. The van der Waals surface area contributed by atoms with E-state index in [9.17, 15) is 4.79 Å². The summed E-state index contributed by atoms with van der Waals surface area (Å²) in [6, 6.07) is 1.02. The second kappa shape index (κ2) is 10.0. The van der Waals surface area contributed by atoms with E-state index in [1.807, 2.05) is 17.3 Å². The van der Waals surface area contributed by atoms with E-state index in [1.165, 1.54) is 0 Å². The van der Waals surface area contributed by atoms with Gasteiger partial charge < -0.3 is 14.4 Å². The van der Waals surface area contributed by atoms with E-state index in [0.717, 1.165) is 38.2 Å². The van der Waals surface area contributed by atoms with E-state index >= 15 is 0 Å². The first-order chi connectivity index (χ1) is 12.0. The number of amides is 1. The van der Waals surface area contributed by atoms with Crippen molar-refractivity contribution in [1.29, 1.82) is 0 Å². The maximum absolute atomic E-state index is 12.3. The van der Waals surface area contributed by atoms with Crippen LogP contribution in [0.25, 0.3) is 0 Å². The second-order valence-electron chi connectivity index (χ2n) is 6.87. The molecule has 1 aromatic rings. The first kappa shape index (κ1) is 22.6. The number of carbonyl (C=O) groups is 1. The Kier molecular flexibility index (Phi) is 8.68. The fourth-order valence-corrected chi connectivity index (χ4v) is 3.02. The van der Waals surface area contributed by atoms with Crippen LogP contribution in [-0.4, -0.2) is 76.0 Å². The van der Waals surface area contributed by atoms with E-state index in [1.54, 1.807) is 0 Å². The van der Waals surface area contributed by atoms with Crippen molar-refractivity contribution in [2.45, 2.75) is 51.6 Å². The number of aromatic nitrogens is 2. The molecule has 1 aliphatic rings. The molecule has 0 spiro atoms. The highest BCUT2D eigenvalue weighted by molar-refractivity contribution is 7.79. The molecule has 1 aliphatic heterocycles. The number of rotatable bonds is 5. The summed E-state index contributed by atoms with van der Waals surface area (Å²) in [6.45, 7) is 6.05. The summed E-state index contributed by atoms with van der Waals surface area (Å²) >= 11 is 0. The Morgan fingerprint density at radius 1 is 1.31 bits per heavy atom. The van der Waals surface area contributed by atoms with Crippen LogP contribution < -0.4 is 0 Å². The molecule has 0 radical (unpaired) electrons. The Morgan fingerprint density at radius 2 is 1.85 bits per heavy atom. The Balaban J connectivity index is 0.000000597. The van der Waals surface area contributed by atoms with Gasteiger partial charge in [0, 0.05) is 50.4 Å². The summed E-state index contributed by atoms with van der Waals surface area (Å²) in [7, 11) is -0.429. The standard InChI is InChI=1S/C16H28N4O.H2O4S/c1-13(2)20-12-9-17-15(20)5-6-16(21)19-10-7-14(8-11-19)18(3)4;1-5(2,3)4/h9,12-14H,5-8,10-11H2,1-4H3;(H2,1,2,3,4). The first-order valence-electron chi connectivity index (χ1n) is 8.64. The molecular weight excluding hydrogens is 360 g/mol. The van der Waals surface area contributed by atoms with Gasteiger partial charge in [-0.25, -0.2) is 4.98 Å². The molecule has 1 fully saturated rings. The number of piperidine rings is 1. The Bertz CT molecular complexity index is 656. The maximum Gasteiger partial charge on any atom is 0.394 e. The molecule has 9 nitrogen and oxygen atoms in total. The monoisotopic (exact) mass is 390 g/mol. The number of imidazole rings is 1. The minimum Gasteiger partial charge on any atom is -0.343 e. The van der Waals surface area contributed by atoms with Gasteiger partial charge in [-0.3, -0.25) is 13.9 Å². The van der Waals surface area contributed by atoms with E-state index in [2.05, 4.69) is 42.4 Å². The highest BCUT2D eigenvalue weighted by Crippen LogP contribution is 2.16. The number of nitrogens with zero attached hydrogens (tertiary/aromatic N) is 4. The number of carbonyl (C=O) groups excluding carboxylic acids is 1. The van der Waals surface area contributed by atoms with Gasteiger partial charge in [0.2, 0.25) is 5.91 Å². The van der Waals surface area contributed by atoms with E-state index < -0.39 is 10.4 Å². The van der Waals surface area contributed by atoms with Gasteiger partial charge in [0.25, 0.3) is 0 Å². The third-order valence-electron chi connectivity index (χ3n) is 4.42. The molecular formula is C16H30N4O5S. The molecule has 0 aliphatic carbocycles. The summed E-state index contributed by atoms with van der Waals surface area (Å²) in [4.78, 5) is 21.0. The molecule has 0 atom stereocenters.